The molecule has 3 aromatic rings. The van der Waals surface area contributed by atoms with Gasteiger partial charge in [-0.15, -0.1) is 0 Å². The van der Waals surface area contributed by atoms with E-state index >= 15 is 0 Å². The largest absolute Gasteiger partial charge is 0.324 e. The van der Waals surface area contributed by atoms with Gasteiger partial charge in [0.2, 0.25) is 5.95 Å². The third-order valence-corrected chi connectivity index (χ3v) is 9.95. The number of H-pyrrole nitrogens is 1. The molecule has 2 fully saturated rings. The number of aromatic amines is 1. The van der Waals surface area contributed by atoms with Crippen LogP contribution in [0.3, 0.4) is 0 Å². The van der Waals surface area contributed by atoms with Crippen LogP contribution in [0.4, 0.5) is 11.6 Å². The van der Waals surface area contributed by atoms with Crippen molar-refractivity contribution in [2.24, 2.45) is 0 Å². The summed E-state index contributed by atoms with van der Waals surface area (Å²) in [4.78, 5) is 11.7. The van der Waals surface area contributed by atoms with Crippen molar-refractivity contribution in [1.29, 1.82) is 0 Å². The summed E-state index contributed by atoms with van der Waals surface area (Å²) in [7, 11) is 0. The van der Waals surface area contributed by atoms with Crippen LogP contribution >= 0.6 is 35.3 Å². The Bertz CT molecular complexity index is 1220. The Morgan fingerprint density at radius 2 is 1.84 bits per heavy atom. The number of aromatic nitrogens is 4. The number of nitrogens with one attached hydrogen (secondary N) is 2. The Hall–Kier alpha value is -1.78. The molecular weight excluding hydrogens is 534 g/mol. The Morgan fingerprint density at radius 3 is 2.58 bits per heavy atom. The van der Waals surface area contributed by atoms with Crippen LogP contribution in [0, 0.1) is 20.8 Å². The lowest BCUT2D eigenvalue weighted by Crippen LogP contribution is -2.28. The number of benzene rings is 1. The molecule has 0 aliphatic carbocycles. The van der Waals surface area contributed by atoms with E-state index in [1.807, 2.05) is 13.0 Å². The Kier molecular flexibility index (Phi) is 9.54. The highest BCUT2D eigenvalue weighted by molar-refractivity contribution is 7.99. The molecule has 2 saturated heterocycles. The molecule has 0 saturated carbocycles. The van der Waals surface area contributed by atoms with Gasteiger partial charge in [0.05, 0.1) is 11.2 Å². The molecule has 0 spiro atoms. The summed E-state index contributed by atoms with van der Waals surface area (Å²) in [6.45, 7) is 12.6. The summed E-state index contributed by atoms with van der Waals surface area (Å²) in [5.74, 6) is 2.40. The monoisotopic (exact) mass is 571 g/mol. The van der Waals surface area contributed by atoms with Gasteiger partial charge in [0.25, 0.3) is 0 Å². The number of halogens is 1. The van der Waals surface area contributed by atoms with E-state index in [0.29, 0.717) is 21.9 Å². The zero-order valence-electron chi connectivity index (χ0n) is 22.6. The lowest BCUT2D eigenvalue weighted by Gasteiger charge is -2.32. The van der Waals surface area contributed by atoms with Crippen molar-refractivity contribution in [2.45, 2.75) is 68.8 Å². The summed E-state index contributed by atoms with van der Waals surface area (Å²) in [6, 6.07) is 6.58. The molecule has 7 nitrogen and oxygen atoms in total. The van der Waals surface area contributed by atoms with E-state index in [0.717, 1.165) is 16.4 Å². The second kappa shape index (κ2) is 13.0. The van der Waals surface area contributed by atoms with Crippen molar-refractivity contribution < 1.29 is 0 Å². The molecule has 5 rings (SSSR count). The number of likely N-dealkylation sites (tertiary alicyclic amines) is 1. The minimum atomic E-state index is 0.514. The average Bonchev–Trinajstić information content (AvgIpc) is 3.58. The molecule has 0 bridgehead atoms. The summed E-state index contributed by atoms with van der Waals surface area (Å²) in [6.07, 6.45) is 8.17. The molecule has 204 valence electrons. The standard InChI is InChI=1S/C28H38ClN7S2/c1-19-16-25(31-28-30-18-24(29)27(32-28)38-26-17-21(3)33-34-26)20(2)15-23(19)22-7-12-36(13-8-22)37-14-6-11-35-9-4-5-10-35/h15-18,22H,4-14H2,1-3H3,(H,33,34)(H,30,31,32). The fraction of sp³-hybridized carbons (Fsp3) is 0.536. The molecule has 2 aliphatic rings. The third kappa shape index (κ3) is 7.24. The van der Waals surface area contributed by atoms with E-state index in [-0.39, 0.29) is 0 Å². The molecule has 38 heavy (non-hydrogen) atoms. The highest BCUT2D eigenvalue weighted by atomic mass is 35.5. The average molecular weight is 572 g/mol. The molecule has 0 radical (unpaired) electrons. The van der Waals surface area contributed by atoms with Crippen molar-refractivity contribution in [2.75, 3.05) is 43.8 Å². The van der Waals surface area contributed by atoms with E-state index in [2.05, 4.69) is 72.6 Å². The first-order valence-electron chi connectivity index (χ1n) is 13.7. The first kappa shape index (κ1) is 27.8. The number of rotatable bonds is 10. The van der Waals surface area contributed by atoms with Crippen LogP contribution in [0.25, 0.3) is 0 Å². The van der Waals surface area contributed by atoms with Gasteiger partial charge in [0.1, 0.15) is 10.1 Å². The molecule has 10 heteroatoms. The van der Waals surface area contributed by atoms with Crippen molar-refractivity contribution in [1.82, 2.24) is 29.4 Å². The zero-order valence-corrected chi connectivity index (χ0v) is 25.0. The van der Waals surface area contributed by atoms with E-state index in [9.17, 15) is 0 Å². The minimum Gasteiger partial charge on any atom is -0.324 e. The van der Waals surface area contributed by atoms with Crippen LogP contribution in [0.15, 0.2) is 34.4 Å². The maximum atomic E-state index is 6.37. The van der Waals surface area contributed by atoms with Crippen LogP contribution in [0.1, 0.15) is 60.4 Å². The molecule has 0 amide bonds. The summed E-state index contributed by atoms with van der Waals surface area (Å²) >= 11 is 9.86. The third-order valence-electron chi connectivity index (χ3n) is 7.44. The summed E-state index contributed by atoms with van der Waals surface area (Å²) in [5, 5.41) is 12.7. The predicted octanol–water partition coefficient (Wildman–Crippen LogP) is 6.99. The fourth-order valence-electron chi connectivity index (χ4n) is 5.35. The van der Waals surface area contributed by atoms with Crippen LogP contribution in [0.2, 0.25) is 5.02 Å². The molecule has 1 aromatic carbocycles. The Labute approximate surface area is 240 Å². The van der Waals surface area contributed by atoms with Crippen molar-refractivity contribution >= 4 is 46.9 Å². The van der Waals surface area contributed by atoms with Crippen LogP contribution in [-0.4, -0.2) is 67.8 Å². The van der Waals surface area contributed by atoms with Crippen molar-refractivity contribution in [3.8, 4) is 0 Å². The van der Waals surface area contributed by atoms with Gasteiger partial charge in [0.15, 0.2) is 0 Å². The van der Waals surface area contributed by atoms with Gasteiger partial charge in [-0.05, 0) is 119 Å². The van der Waals surface area contributed by atoms with Crippen LogP contribution < -0.4 is 5.32 Å². The number of nitrogens with zero attached hydrogens (tertiary/aromatic N) is 5. The lowest BCUT2D eigenvalue weighted by atomic mass is 9.86. The van der Waals surface area contributed by atoms with Crippen molar-refractivity contribution in [3.63, 3.8) is 0 Å². The normalized spacial score (nSPS) is 17.4. The smallest absolute Gasteiger partial charge is 0.228 e. The molecule has 4 heterocycles. The van der Waals surface area contributed by atoms with Gasteiger partial charge >= 0.3 is 0 Å². The maximum absolute atomic E-state index is 6.37. The summed E-state index contributed by atoms with van der Waals surface area (Å²) < 4.78 is 2.59. The van der Waals surface area contributed by atoms with Crippen molar-refractivity contribution in [3.05, 3.63) is 51.8 Å². The molecular formula is C28H38ClN7S2. The first-order chi connectivity index (χ1) is 18.4. The molecule has 0 unspecified atom stereocenters. The number of aryl methyl sites for hydroxylation is 3. The number of hydrogen-bond acceptors (Lipinski definition) is 8. The molecule has 2 N–H and O–H groups in total. The highest BCUT2D eigenvalue weighted by Gasteiger charge is 2.23. The predicted molar refractivity (Wildman–Crippen MR) is 160 cm³/mol. The van der Waals surface area contributed by atoms with Gasteiger partial charge in [-0.3, -0.25) is 9.40 Å². The lowest BCUT2D eigenvalue weighted by molar-refractivity contribution is 0.335. The van der Waals surface area contributed by atoms with E-state index < -0.39 is 0 Å². The van der Waals surface area contributed by atoms with Gasteiger partial charge in [-0.2, -0.15) is 5.10 Å². The maximum Gasteiger partial charge on any atom is 0.228 e. The second-order valence-corrected chi connectivity index (χ2v) is 13.0. The first-order valence-corrected chi connectivity index (χ1v) is 15.8. The van der Waals surface area contributed by atoms with E-state index in [1.54, 1.807) is 6.20 Å². The summed E-state index contributed by atoms with van der Waals surface area (Å²) in [5.41, 5.74) is 6.05. The number of piperidine rings is 1. The zero-order chi connectivity index (χ0) is 26.5. The topological polar surface area (TPSA) is 73.0 Å². The van der Waals surface area contributed by atoms with Crippen LogP contribution in [0.5, 0.6) is 0 Å². The molecule has 2 aliphatic heterocycles. The van der Waals surface area contributed by atoms with E-state index in [4.69, 9.17) is 11.6 Å². The molecule has 0 atom stereocenters. The minimum absolute atomic E-state index is 0.514. The highest BCUT2D eigenvalue weighted by Crippen LogP contribution is 2.36. The quantitative estimate of drug-likeness (QED) is 0.153. The number of hydrogen-bond donors (Lipinski definition) is 2. The number of anilines is 2. The van der Waals surface area contributed by atoms with Gasteiger partial charge in [-0.25, -0.2) is 9.97 Å². The Balaban J connectivity index is 1.15. The van der Waals surface area contributed by atoms with Crippen LogP contribution in [-0.2, 0) is 0 Å². The van der Waals surface area contributed by atoms with E-state index in [1.165, 1.54) is 99.0 Å². The van der Waals surface area contributed by atoms with Gasteiger partial charge in [-0.1, -0.05) is 29.6 Å². The Morgan fingerprint density at radius 1 is 1.05 bits per heavy atom. The fourth-order valence-corrected chi connectivity index (χ4v) is 7.34. The van der Waals surface area contributed by atoms with Gasteiger partial charge in [0, 0.05) is 30.2 Å². The molecule has 2 aromatic heterocycles. The SMILES string of the molecule is Cc1cc(Sc2nc(Nc3cc(C)c(C4CCN(SCCCN5CCCC5)CC4)cc3C)ncc2Cl)n[nH]1. The van der Waals surface area contributed by atoms with Gasteiger partial charge < -0.3 is 10.2 Å². The second-order valence-electron chi connectivity index (χ2n) is 10.4.